The predicted octanol–water partition coefficient (Wildman–Crippen LogP) is 5.58. The molecule has 0 fully saturated rings. The second-order valence-electron chi connectivity index (χ2n) is 6.09. The molecule has 0 unspecified atom stereocenters. The molecule has 0 radical (unpaired) electrons. The molecule has 1 aliphatic heterocycles. The topological polar surface area (TPSA) is 28.1 Å². The first kappa shape index (κ1) is 14.0. The summed E-state index contributed by atoms with van der Waals surface area (Å²) in [5.41, 5.74) is 8.44. The molecule has 0 aliphatic carbocycles. The van der Waals surface area contributed by atoms with Crippen molar-refractivity contribution in [3.05, 3.63) is 71.0 Å². The monoisotopic (exact) mass is 300 g/mol. The number of hydrogen-bond acceptors (Lipinski definition) is 1. The second-order valence-corrected chi connectivity index (χ2v) is 6.09. The average molecular weight is 300 g/mol. The van der Waals surface area contributed by atoms with Crippen molar-refractivity contribution in [3.63, 3.8) is 0 Å². The van der Waals surface area contributed by atoms with E-state index >= 15 is 0 Å². The van der Waals surface area contributed by atoms with Crippen LogP contribution in [0.5, 0.6) is 0 Å². The zero-order chi connectivity index (χ0) is 16.0. The van der Waals surface area contributed by atoms with Crippen LogP contribution in [0.1, 0.15) is 42.8 Å². The second kappa shape index (κ2) is 5.24. The lowest BCUT2D eigenvalue weighted by atomic mass is 9.97. The van der Waals surface area contributed by atoms with Gasteiger partial charge in [-0.05, 0) is 20.3 Å². The minimum absolute atomic E-state index is 0.949. The van der Waals surface area contributed by atoms with Gasteiger partial charge in [-0.1, -0.05) is 55.5 Å². The van der Waals surface area contributed by atoms with E-state index in [9.17, 15) is 0 Å². The molecule has 0 spiro atoms. The summed E-state index contributed by atoms with van der Waals surface area (Å²) in [6.07, 6.45) is 0.949. The van der Waals surface area contributed by atoms with E-state index in [1.165, 1.54) is 38.9 Å². The van der Waals surface area contributed by atoms with Crippen molar-refractivity contribution in [1.29, 1.82) is 0 Å². The van der Waals surface area contributed by atoms with Gasteiger partial charge >= 0.3 is 0 Å². The molecule has 0 saturated heterocycles. The maximum atomic E-state index is 4.90. The Morgan fingerprint density at radius 1 is 0.913 bits per heavy atom. The summed E-state index contributed by atoms with van der Waals surface area (Å²) in [5, 5.41) is 2.58. The molecule has 114 valence electrons. The maximum absolute atomic E-state index is 4.90. The molecule has 1 aromatic heterocycles. The van der Waals surface area contributed by atoms with E-state index < -0.39 is 0 Å². The number of aromatic nitrogens is 1. The normalized spacial score (nSPS) is 15.7. The molecular weight excluding hydrogens is 280 g/mol. The van der Waals surface area contributed by atoms with E-state index in [-0.39, 0.29) is 0 Å². The first-order chi connectivity index (χ1) is 11.2. The van der Waals surface area contributed by atoms with E-state index in [4.69, 9.17) is 4.99 Å². The molecule has 23 heavy (non-hydrogen) atoms. The number of aromatic amines is 1. The minimum Gasteiger partial charge on any atom is -0.358 e. The lowest BCUT2D eigenvalue weighted by molar-refractivity contribution is 1.18. The van der Waals surface area contributed by atoms with E-state index in [1.807, 2.05) is 0 Å². The highest BCUT2D eigenvalue weighted by molar-refractivity contribution is 6.14. The standard InChI is InChI=1S/C21H20N2/c1-4-15(20-18-11-7-5-9-16(18)13(2)22-20)21-19-12-8-6-10-17(19)14(3)23-21/h5-12,22H,4H2,1-3H3/b21-15+. The lowest BCUT2D eigenvalue weighted by Gasteiger charge is -2.08. The Morgan fingerprint density at radius 3 is 2.30 bits per heavy atom. The first-order valence-corrected chi connectivity index (χ1v) is 8.16. The highest BCUT2D eigenvalue weighted by atomic mass is 14.8. The smallest absolute Gasteiger partial charge is 0.0764 e. The van der Waals surface area contributed by atoms with E-state index in [1.54, 1.807) is 0 Å². The Kier molecular flexibility index (Phi) is 3.19. The van der Waals surface area contributed by atoms with Gasteiger partial charge in [-0.15, -0.1) is 0 Å². The fourth-order valence-electron chi connectivity index (χ4n) is 3.57. The van der Waals surface area contributed by atoms with E-state index in [0.717, 1.165) is 17.8 Å². The Hall–Kier alpha value is -2.61. The van der Waals surface area contributed by atoms with Gasteiger partial charge in [0.1, 0.15) is 0 Å². The van der Waals surface area contributed by atoms with Crippen molar-refractivity contribution in [1.82, 2.24) is 4.98 Å². The summed E-state index contributed by atoms with van der Waals surface area (Å²) in [5.74, 6) is 0. The van der Waals surface area contributed by atoms with Crippen LogP contribution < -0.4 is 0 Å². The number of hydrogen-bond donors (Lipinski definition) is 1. The van der Waals surface area contributed by atoms with Gasteiger partial charge in [-0.2, -0.15) is 0 Å². The summed E-state index contributed by atoms with van der Waals surface area (Å²) >= 11 is 0. The van der Waals surface area contributed by atoms with Gasteiger partial charge in [0, 0.05) is 38.9 Å². The Bertz CT molecular complexity index is 970. The fourth-order valence-corrected chi connectivity index (χ4v) is 3.57. The third-order valence-electron chi connectivity index (χ3n) is 4.71. The molecule has 0 atom stereocenters. The van der Waals surface area contributed by atoms with Crippen LogP contribution in [-0.4, -0.2) is 10.7 Å². The zero-order valence-corrected chi connectivity index (χ0v) is 13.8. The van der Waals surface area contributed by atoms with Crippen LogP contribution >= 0.6 is 0 Å². The van der Waals surface area contributed by atoms with Crippen LogP contribution in [0.2, 0.25) is 0 Å². The van der Waals surface area contributed by atoms with Gasteiger partial charge in [-0.3, -0.25) is 4.99 Å². The van der Waals surface area contributed by atoms with Gasteiger partial charge in [0.15, 0.2) is 0 Å². The van der Waals surface area contributed by atoms with Crippen molar-refractivity contribution in [2.24, 2.45) is 4.99 Å². The van der Waals surface area contributed by atoms with Gasteiger partial charge < -0.3 is 4.98 Å². The van der Waals surface area contributed by atoms with Crippen molar-refractivity contribution < 1.29 is 0 Å². The highest BCUT2D eigenvalue weighted by Crippen LogP contribution is 2.38. The number of nitrogens with one attached hydrogen (secondary N) is 1. The molecule has 0 saturated carbocycles. The molecule has 2 aromatic carbocycles. The SMILES string of the molecule is CC/C(=C1\N=C(C)c2ccccc21)c1[nH]c(C)c2ccccc12. The molecule has 2 heterocycles. The molecule has 1 N–H and O–H groups in total. The summed E-state index contributed by atoms with van der Waals surface area (Å²) in [7, 11) is 0. The van der Waals surface area contributed by atoms with Crippen LogP contribution in [0.15, 0.2) is 53.5 Å². The molecule has 2 nitrogen and oxygen atoms in total. The number of aryl methyl sites for hydroxylation is 1. The number of nitrogens with zero attached hydrogens (tertiary/aromatic N) is 1. The number of allylic oxidation sites excluding steroid dienone is 1. The van der Waals surface area contributed by atoms with Crippen LogP contribution in [0, 0.1) is 6.92 Å². The minimum atomic E-state index is 0.949. The summed E-state index contributed by atoms with van der Waals surface area (Å²) in [6, 6.07) is 17.1. The summed E-state index contributed by atoms with van der Waals surface area (Å²) in [4.78, 5) is 8.50. The molecule has 2 heteroatoms. The molecule has 3 aromatic rings. The molecule has 1 aliphatic rings. The summed E-state index contributed by atoms with van der Waals surface area (Å²) < 4.78 is 0. The number of rotatable bonds is 2. The number of aliphatic imine (C=N–C) groups is 1. The van der Waals surface area contributed by atoms with E-state index in [2.05, 4.69) is 74.3 Å². The number of H-pyrrole nitrogens is 1. The number of fused-ring (bicyclic) bond motifs is 2. The largest absolute Gasteiger partial charge is 0.358 e. The molecule has 4 rings (SSSR count). The predicted molar refractivity (Wildman–Crippen MR) is 98.8 cm³/mol. The zero-order valence-electron chi connectivity index (χ0n) is 13.8. The highest BCUT2D eigenvalue weighted by Gasteiger charge is 2.22. The van der Waals surface area contributed by atoms with Crippen molar-refractivity contribution >= 4 is 27.8 Å². The molecule has 0 amide bonds. The third kappa shape index (κ3) is 2.06. The molecular formula is C21H20N2. The number of benzene rings is 2. The Balaban J connectivity index is 2.03. The van der Waals surface area contributed by atoms with Gasteiger partial charge in [-0.25, -0.2) is 0 Å². The maximum Gasteiger partial charge on any atom is 0.0764 e. The molecule has 0 bridgehead atoms. The van der Waals surface area contributed by atoms with Crippen molar-refractivity contribution in [3.8, 4) is 0 Å². The summed E-state index contributed by atoms with van der Waals surface area (Å²) in [6.45, 7) is 6.44. The van der Waals surface area contributed by atoms with Crippen LogP contribution in [-0.2, 0) is 0 Å². The lowest BCUT2D eigenvalue weighted by Crippen LogP contribution is -1.91. The fraction of sp³-hybridized carbons (Fsp3) is 0.190. The van der Waals surface area contributed by atoms with Crippen LogP contribution in [0.3, 0.4) is 0 Å². The Labute approximate surface area is 136 Å². The van der Waals surface area contributed by atoms with Gasteiger partial charge in [0.05, 0.1) is 11.4 Å². The third-order valence-corrected chi connectivity index (χ3v) is 4.71. The van der Waals surface area contributed by atoms with Crippen molar-refractivity contribution in [2.45, 2.75) is 27.2 Å². The van der Waals surface area contributed by atoms with E-state index in [0.29, 0.717) is 0 Å². The van der Waals surface area contributed by atoms with Gasteiger partial charge in [0.2, 0.25) is 0 Å². The van der Waals surface area contributed by atoms with Gasteiger partial charge in [0.25, 0.3) is 0 Å². The first-order valence-electron chi connectivity index (χ1n) is 8.16. The van der Waals surface area contributed by atoms with Crippen molar-refractivity contribution in [2.75, 3.05) is 0 Å². The Morgan fingerprint density at radius 2 is 1.57 bits per heavy atom. The average Bonchev–Trinajstić information content (AvgIpc) is 3.09. The quantitative estimate of drug-likeness (QED) is 0.640. The van der Waals surface area contributed by atoms with Crippen LogP contribution in [0.4, 0.5) is 0 Å². The van der Waals surface area contributed by atoms with Crippen LogP contribution in [0.25, 0.3) is 22.0 Å².